The first-order valence-electron chi connectivity index (χ1n) is 6.94. The van der Waals surface area contributed by atoms with Gasteiger partial charge in [-0.05, 0) is 24.5 Å². The van der Waals surface area contributed by atoms with Gasteiger partial charge in [-0.15, -0.1) is 0 Å². The number of primary amides is 1. The van der Waals surface area contributed by atoms with Gasteiger partial charge in [0.15, 0.2) is 0 Å². The molecule has 0 bridgehead atoms. The number of anilines is 1. The largest absolute Gasteiger partial charge is 0.384 e. The lowest BCUT2D eigenvalue weighted by Crippen LogP contribution is -2.15. The predicted octanol–water partition coefficient (Wildman–Crippen LogP) is 2.74. The van der Waals surface area contributed by atoms with E-state index in [4.69, 9.17) is 5.73 Å². The number of aryl methyl sites for hydroxylation is 1. The first-order valence-corrected chi connectivity index (χ1v) is 6.94. The van der Waals surface area contributed by atoms with Gasteiger partial charge >= 0.3 is 0 Å². The summed E-state index contributed by atoms with van der Waals surface area (Å²) in [5.41, 5.74) is 7.02. The van der Waals surface area contributed by atoms with Crippen molar-refractivity contribution in [1.82, 2.24) is 0 Å². The molecule has 0 aliphatic heterocycles. The molecule has 2 aromatic carbocycles. The number of amides is 1. The van der Waals surface area contributed by atoms with E-state index in [0.29, 0.717) is 12.2 Å². The number of rotatable bonds is 7. The maximum Gasteiger partial charge on any atom is 0.270 e. The van der Waals surface area contributed by atoms with Crippen LogP contribution in [0.4, 0.5) is 11.4 Å². The zero-order valence-electron chi connectivity index (χ0n) is 12.0. The lowest BCUT2D eigenvalue weighted by Gasteiger charge is -2.10. The number of nitro benzene ring substituents is 1. The SMILES string of the molecule is NC(=O)c1cc([N+](=O)[O-])ccc1NCCCc1ccccc1. The third-order valence-electron chi connectivity index (χ3n) is 3.28. The van der Waals surface area contributed by atoms with Crippen molar-refractivity contribution >= 4 is 17.3 Å². The molecule has 0 fully saturated rings. The fraction of sp³-hybridized carbons (Fsp3) is 0.188. The summed E-state index contributed by atoms with van der Waals surface area (Å²) < 4.78 is 0. The maximum absolute atomic E-state index is 11.4. The minimum Gasteiger partial charge on any atom is -0.384 e. The second-order valence-electron chi connectivity index (χ2n) is 4.87. The number of carbonyl (C=O) groups excluding carboxylic acids is 1. The number of hydrogen-bond donors (Lipinski definition) is 2. The second-order valence-corrected chi connectivity index (χ2v) is 4.87. The predicted molar refractivity (Wildman–Crippen MR) is 84.9 cm³/mol. The summed E-state index contributed by atoms with van der Waals surface area (Å²) >= 11 is 0. The number of nitrogens with two attached hydrogens (primary N) is 1. The van der Waals surface area contributed by atoms with Crippen molar-refractivity contribution in [3.63, 3.8) is 0 Å². The Bertz CT molecular complexity index is 672. The molecule has 0 heterocycles. The van der Waals surface area contributed by atoms with E-state index in [1.165, 1.54) is 23.8 Å². The minimum atomic E-state index is -0.686. The molecular weight excluding hydrogens is 282 g/mol. The van der Waals surface area contributed by atoms with Crippen LogP contribution in [0.5, 0.6) is 0 Å². The van der Waals surface area contributed by atoms with Crippen LogP contribution in [-0.4, -0.2) is 17.4 Å². The van der Waals surface area contributed by atoms with Gasteiger partial charge in [-0.1, -0.05) is 30.3 Å². The molecule has 0 saturated heterocycles. The fourth-order valence-corrected chi connectivity index (χ4v) is 2.16. The molecule has 0 aromatic heterocycles. The molecule has 114 valence electrons. The summed E-state index contributed by atoms with van der Waals surface area (Å²) in [7, 11) is 0. The number of nitro groups is 1. The van der Waals surface area contributed by atoms with Crippen molar-refractivity contribution in [2.75, 3.05) is 11.9 Å². The first kappa shape index (κ1) is 15.5. The molecular formula is C16H17N3O3. The molecule has 0 radical (unpaired) electrons. The Balaban J connectivity index is 1.97. The van der Waals surface area contributed by atoms with Gasteiger partial charge in [0, 0.05) is 24.4 Å². The highest BCUT2D eigenvalue weighted by Crippen LogP contribution is 2.21. The Kier molecular flexibility index (Phi) is 5.08. The number of hydrogen-bond acceptors (Lipinski definition) is 4. The highest BCUT2D eigenvalue weighted by atomic mass is 16.6. The number of nitrogens with one attached hydrogen (secondary N) is 1. The first-order chi connectivity index (χ1) is 10.6. The summed E-state index contributed by atoms with van der Waals surface area (Å²) in [4.78, 5) is 21.6. The molecule has 3 N–H and O–H groups in total. The molecule has 6 heteroatoms. The summed E-state index contributed by atoms with van der Waals surface area (Å²) in [5, 5.41) is 13.8. The van der Waals surface area contributed by atoms with Crippen molar-refractivity contribution in [1.29, 1.82) is 0 Å². The molecule has 2 rings (SSSR count). The van der Waals surface area contributed by atoms with Crippen molar-refractivity contribution in [3.05, 3.63) is 69.8 Å². The van der Waals surface area contributed by atoms with Crippen LogP contribution in [0.3, 0.4) is 0 Å². The molecule has 0 aliphatic rings. The van der Waals surface area contributed by atoms with Crippen LogP contribution in [0.2, 0.25) is 0 Å². The topological polar surface area (TPSA) is 98.3 Å². The van der Waals surface area contributed by atoms with E-state index < -0.39 is 10.8 Å². The fourth-order valence-electron chi connectivity index (χ4n) is 2.16. The lowest BCUT2D eigenvalue weighted by molar-refractivity contribution is -0.384. The lowest BCUT2D eigenvalue weighted by atomic mass is 10.1. The van der Waals surface area contributed by atoms with Crippen LogP contribution >= 0.6 is 0 Å². The zero-order chi connectivity index (χ0) is 15.9. The van der Waals surface area contributed by atoms with E-state index in [1.54, 1.807) is 0 Å². The number of nitrogens with zero attached hydrogens (tertiary/aromatic N) is 1. The number of non-ortho nitro benzene ring substituents is 1. The van der Waals surface area contributed by atoms with Gasteiger partial charge < -0.3 is 11.1 Å². The van der Waals surface area contributed by atoms with E-state index in [2.05, 4.69) is 17.4 Å². The molecule has 0 spiro atoms. The van der Waals surface area contributed by atoms with Crippen molar-refractivity contribution < 1.29 is 9.72 Å². The van der Waals surface area contributed by atoms with E-state index in [0.717, 1.165) is 12.8 Å². The maximum atomic E-state index is 11.4. The van der Waals surface area contributed by atoms with Crippen LogP contribution in [0.25, 0.3) is 0 Å². The quantitative estimate of drug-likeness (QED) is 0.466. The molecule has 22 heavy (non-hydrogen) atoms. The summed E-state index contributed by atoms with van der Waals surface area (Å²) in [6, 6.07) is 14.1. The van der Waals surface area contributed by atoms with Crippen LogP contribution in [0, 0.1) is 10.1 Å². The minimum absolute atomic E-state index is 0.133. The molecule has 0 unspecified atom stereocenters. The van der Waals surface area contributed by atoms with Gasteiger partial charge in [-0.2, -0.15) is 0 Å². The summed E-state index contributed by atoms with van der Waals surface area (Å²) in [6.07, 6.45) is 1.78. The van der Waals surface area contributed by atoms with Crippen LogP contribution < -0.4 is 11.1 Å². The highest BCUT2D eigenvalue weighted by molar-refractivity contribution is 5.99. The van der Waals surface area contributed by atoms with Crippen molar-refractivity contribution in [2.24, 2.45) is 5.73 Å². The molecule has 6 nitrogen and oxygen atoms in total. The van der Waals surface area contributed by atoms with E-state index in [1.807, 2.05) is 18.2 Å². The summed E-state index contributed by atoms with van der Waals surface area (Å²) in [5.74, 6) is -0.686. The van der Waals surface area contributed by atoms with Gasteiger partial charge in [0.05, 0.1) is 10.5 Å². The van der Waals surface area contributed by atoms with E-state index in [9.17, 15) is 14.9 Å². The van der Waals surface area contributed by atoms with Gasteiger partial charge in [0.2, 0.25) is 0 Å². The monoisotopic (exact) mass is 299 g/mol. The van der Waals surface area contributed by atoms with Gasteiger partial charge in [-0.3, -0.25) is 14.9 Å². The van der Waals surface area contributed by atoms with Gasteiger partial charge in [-0.25, -0.2) is 0 Å². The molecule has 2 aromatic rings. The van der Waals surface area contributed by atoms with Crippen molar-refractivity contribution in [3.8, 4) is 0 Å². The summed E-state index contributed by atoms with van der Waals surface area (Å²) in [6.45, 7) is 0.646. The standard InChI is InChI=1S/C16H17N3O3/c17-16(20)14-11-13(19(21)22)8-9-15(14)18-10-4-7-12-5-2-1-3-6-12/h1-3,5-6,8-9,11,18H,4,7,10H2,(H2,17,20). The Morgan fingerprint density at radius 2 is 1.91 bits per heavy atom. The van der Waals surface area contributed by atoms with Gasteiger partial charge in [0.25, 0.3) is 11.6 Å². The second kappa shape index (κ2) is 7.21. The zero-order valence-corrected chi connectivity index (χ0v) is 12.0. The average Bonchev–Trinajstić information content (AvgIpc) is 2.52. The van der Waals surface area contributed by atoms with Crippen molar-refractivity contribution in [2.45, 2.75) is 12.8 Å². The Morgan fingerprint density at radius 3 is 2.55 bits per heavy atom. The van der Waals surface area contributed by atoms with Crippen LogP contribution in [-0.2, 0) is 6.42 Å². The van der Waals surface area contributed by atoms with Crippen LogP contribution in [0.1, 0.15) is 22.3 Å². The third kappa shape index (κ3) is 4.05. The van der Waals surface area contributed by atoms with E-state index in [-0.39, 0.29) is 11.3 Å². The Morgan fingerprint density at radius 1 is 1.18 bits per heavy atom. The van der Waals surface area contributed by atoms with E-state index >= 15 is 0 Å². The Labute approximate surface area is 128 Å². The van der Waals surface area contributed by atoms with Gasteiger partial charge in [0.1, 0.15) is 0 Å². The number of benzene rings is 2. The Hall–Kier alpha value is -2.89. The third-order valence-corrected chi connectivity index (χ3v) is 3.28. The molecule has 0 atom stereocenters. The highest BCUT2D eigenvalue weighted by Gasteiger charge is 2.14. The molecule has 0 aliphatic carbocycles. The molecule has 0 saturated carbocycles. The normalized spacial score (nSPS) is 10.2. The van der Waals surface area contributed by atoms with Crippen LogP contribution in [0.15, 0.2) is 48.5 Å². The number of carbonyl (C=O) groups is 1. The smallest absolute Gasteiger partial charge is 0.270 e. The average molecular weight is 299 g/mol. The molecule has 1 amide bonds.